The van der Waals surface area contributed by atoms with Gasteiger partial charge in [-0.2, -0.15) is 10.2 Å². The van der Waals surface area contributed by atoms with Crippen molar-refractivity contribution in [2.45, 2.75) is 13.8 Å². The molecule has 7 nitrogen and oxygen atoms in total. The van der Waals surface area contributed by atoms with Gasteiger partial charge in [0, 0.05) is 21.1 Å². The van der Waals surface area contributed by atoms with Crippen LogP contribution in [0.3, 0.4) is 0 Å². The van der Waals surface area contributed by atoms with E-state index in [1.54, 1.807) is 0 Å². The quantitative estimate of drug-likeness (QED) is 0.370. The van der Waals surface area contributed by atoms with E-state index in [-0.39, 0.29) is 21.1 Å². The first-order valence-electron chi connectivity index (χ1n) is 3.27. The molecule has 0 aromatic carbocycles. The van der Waals surface area contributed by atoms with E-state index in [4.69, 9.17) is 23.3 Å². The predicted octanol–water partition coefficient (Wildman–Crippen LogP) is 1.29. The monoisotopic (exact) mass is 410 g/mol. The Balaban J connectivity index is -0.0000000158. The molecule has 0 aliphatic carbocycles. The van der Waals surface area contributed by atoms with Gasteiger partial charge in [-0.15, -0.1) is 0 Å². The third-order valence-corrected chi connectivity index (χ3v) is 0.383. The van der Waals surface area contributed by atoms with Crippen LogP contribution in [0.1, 0.15) is 13.8 Å². The maximum atomic E-state index is 7.50. The van der Waals surface area contributed by atoms with E-state index >= 15 is 0 Å². The number of nitrogens with zero attached hydrogens (tertiary/aromatic N) is 2. The Hall–Kier alpha value is -1.01. The minimum absolute atomic E-state index is 0. The minimum atomic E-state index is 0. The van der Waals surface area contributed by atoms with Crippen molar-refractivity contribution < 1.29 is 44.3 Å². The summed E-state index contributed by atoms with van der Waals surface area (Å²) in [6.07, 6.45) is 0. The van der Waals surface area contributed by atoms with Crippen molar-refractivity contribution in [3.8, 4) is 0 Å². The summed E-state index contributed by atoms with van der Waals surface area (Å²) in [7, 11) is 0. The number of hydrogen-bond donors (Lipinski definition) is 0. The van der Waals surface area contributed by atoms with Gasteiger partial charge >= 0.3 is 56.5 Å². The summed E-state index contributed by atoms with van der Waals surface area (Å²) >= 11 is 0. The summed E-state index contributed by atoms with van der Waals surface area (Å²) in [6.45, 7) is 28.1. The number of hydrogen-bond acceptors (Lipinski definition) is 2. The van der Waals surface area contributed by atoms with Gasteiger partial charge in [-0.25, -0.2) is 0 Å². The molecule has 0 heterocycles. The van der Waals surface area contributed by atoms with E-state index in [9.17, 15) is 0 Å². The van der Waals surface area contributed by atoms with Crippen LogP contribution in [0.5, 0.6) is 0 Å². The average molecular weight is 410 g/mol. The Morgan fingerprint density at radius 1 is 0.588 bits per heavy atom. The molecule has 0 aromatic rings. The Kier molecular flexibility index (Phi) is 859. The second kappa shape index (κ2) is 328. The zero-order valence-electron chi connectivity index (χ0n) is 9.26. The molecular weight excluding hydrogens is 400 g/mol. The van der Waals surface area contributed by atoms with Crippen LogP contribution in [0, 0.1) is 33.3 Å². The Bertz CT molecular complexity index is 155. The second-order valence-corrected chi connectivity index (χ2v) is 0.915. The Morgan fingerprint density at radius 3 is 0.765 bits per heavy atom. The van der Waals surface area contributed by atoms with E-state index < -0.39 is 0 Å². The summed E-state index contributed by atoms with van der Waals surface area (Å²) in [5.41, 5.74) is 0. The maximum Gasteiger partial charge on any atom is 0 e. The SMILES string of the molecule is CCN=NCC.[C-]#[O+].[C-]#[O+].[C-]#[O+].[C-]#[O+].[C-]#[O+].[W]. The van der Waals surface area contributed by atoms with Crippen molar-refractivity contribution in [2.75, 3.05) is 13.1 Å². The molecule has 0 atom stereocenters. The molecule has 0 aliphatic heterocycles. The van der Waals surface area contributed by atoms with Gasteiger partial charge in [0.15, 0.2) is 0 Å². The molecule has 0 aliphatic rings. The van der Waals surface area contributed by atoms with E-state index in [0.717, 1.165) is 13.1 Å². The number of azo groups is 1. The van der Waals surface area contributed by atoms with E-state index in [2.05, 4.69) is 43.5 Å². The third-order valence-electron chi connectivity index (χ3n) is 0.383. The first-order chi connectivity index (χ1) is 7.91. The molecule has 0 rings (SSSR count). The zero-order valence-corrected chi connectivity index (χ0v) is 12.2. The van der Waals surface area contributed by atoms with Crippen molar-refractivity contribution in [2.24, 2.45) is 10.2 Å². The molecular formula is C9H10N2O5W. The first kappa shape index (κ1) is 44.5. The van der Waals surface area contributed by atoms with E-state index in [1.807, 2.05) is 13.8 Å². The normalized spacial score (nSPS) is 4.24. The fourth-order valence-electron chi connectivity index (χ4n) is 0.200. The second-order valence-electron chi connectivity index (χ2n) is 0.915. The minimum Gasteiger partial charge on any atom is 0 e. The van der Waals surface area contributed by atoms with E-state index in [1.165, 1.54) is 0 Å². The summed E-state index contributed by atoms with van der Waals surface area (Å²) in [5.74, 6) is 0. The van der Waals surface area contributed by atoms with Crippen LogP contribution in [0.4, 0.5) is 0 Å². The average Bonchev–Trinajstić information content (AvgIpc) is 2.47. The molecule has 0 fully saturated rings. The molecule has 8 heteroatoms. The molecule has 0 unspecified atom stereocenters. The van der Waals surface area contributed by atoms with Gasteiger partial charge in [-0.1, -0.05) is 0 Å². The van der Waals surface area contributed by atoms with Crippen LogP contribution in [-0.2, 0) is 44.3 Å². The van der Waals surface area contributed by atoms with Crippen LogP contribution < -0.4 is 0 Å². The fourth-order valence-corrected chi connectivity index (χ4v) is 0.200. The smallest absolute Gasteiger partial charge is 0 e. The molecule has 0 spiro atoms. The van der Waals surface area contributed by atoms with E-state index in [0.29, 0.717) is 0 Å². The van der Waals surface area contributed by atoms with Gasteiger partial charge in [0.2, 0.25) is 0 Å². The summed E-state index contributed by atoms with van der Waals surface area (Å²) in [5, 5.41) is 7.43. The van der Waals surface area contributed by atoms with Gasteiger partial charge < -0.3 is 0 Å². The van der Waals surface area contributed by atoms with Gasteiger partial charge in [-0.05, 0) is 13.8 Å². The summed E-state index contributed by atoms with van der Waals surface area (Å²) in [4.78, 5) is 0. The topological polar surface area (TPSA) is 124 Å². The maximum absolute atomic E-state index is 7.50. The van der Waals surface area contributed by atoms with Crippen molar-refractivity contribution >= 4 is 0 Å². The predicted molar refractivity (Wildman–Crippen MR) is 45.6 cm³/mol. The van der Waals surface area contributed by atoms with Gasteiger partial charge in [0.25, 0.3) is 0 Å². The summed E-state index contributed by atoms with van der Waals surface area (Å²) in [6, 6.07) is 0. The van der Waals surface area contributed by atoms with Crippen molar-refractivity contribution in [1.82, 2.24) is 0 Å². The number of rotatable bonds is 2. The van der Waals surface area contributed by atoms with Crippen molar-refractivity contribution in [1.29, 1.82) is 0 Å². The first-order valence-corrected chi connectivity index (χ1v) is 3.27. The molecule has 0 saturated carbocycles. The van der Waals surface area contributed by atoms with Gasteiger partial charge in [-0.3, -0.25) is 0 Å². The molecule has 92 valence electrons. The Morgan fingerprint density at radius 2 is 0.706 bits per heavy atom. The van der Waals surface area contributed by atoms with Gasteiger partial charge in [0.1, 0.15) is 0 Å². The molecule has 0 N–H and O–H groups in total. The van der Waals surface area contributed by atoms with Crippen LogP contribution in [0.25, 0.3) is 0 Å². The molecule has 0 radical (unpaired) electrons. The van der Waals surface area contributed by atoms with Crippen LogP contribution in [0.2, 0.25) is 0 Å². The Labute approximate surface area is 115 Å². The zero-order chi connectivity index (χ0) is 14.8. The molecule has 0 aromatic heterocycles. The summed E-state index contributed by atoms with van der Waals surface area (Å²) < 4.78 is 37.5. The van der Waals surface area contributed by atoms with Crippen LogP contribution in [-0.4, -0.2) is 13.1 Å². The van der Waals surface area contributed by atoms with Crippen molar-refractivity contribution in [3.05, 3.63) is 33.3 Å². The standard InChI is InChI=1S/C4H10N2.5CO.W/c1-3-5-6-4-2;5*1-2;/h3-4H2,1-2H3;;;;;;. The fraction of sp³-hybridized carbons (Fsp3) is 0.444. The van der Waals surface area contributed by atoms with Crippen molar-refractivity contribution in [3.63, 3.8) is 0 Å². The third kappa shape index (κ3) is 640. The molecule has 0 bridgehead atoms. The van der Waals surface area contributed by atoms with Crippen LogP contribution >= 0.6 is 0 Å². The largest absolute Gasteiger partial charge is 0 e. The van der Waals surface area contributed by atoms with Crippen LogP contribution in [0.15, 0.2) is 10.2 Å². The molecule has 17 heavy (non-hydrogen) atoms. The van der Waals surface area contributed by atoms with Gasteiger partial charge in [0.05, 0.1) is 13.1 Å². The molecule has 0 saturated heterocycles. The molecule has 0 amide bonds.